The minimum atomic E-state index is 0.451. The third-order valence-electron chi connectivity index (χ3n) is 4.75. The molecule has 130 valence electrons. The highest BCUT2D eigenvalue weighted by atomic mass is 35.5. The largest absolute Gasteiger partial charge is 0.380 e. The highest BCUT2D eigenvalue weighted by Gasteiger charge is 2.22. The maximum atomic E-state index is 5.98. The van der Waals surface area contributed by atoms with E-state index in [1.54, 1.807) is 7.11 Å². The monoisotopic (exact) mass is 357 g/mol. The smallest absolute Gasteiger partial charge is 0.134 e. The van der Waals surface area contributed by atoms with Crippen molar-refractivity contribution in [3.8, 4) is 0 Å². The maximum absolute atomic E-state index is 5.98. The number of aromatic nitrogens is 4. The van der Waals surface area contributed by atoms with Crippen LogP contribution in [0.25, 0.3) is 11.0 Å². The van der Waals surface area contributed by atoms with Crippen LogP contribution in [0, 0.1) is 0 Å². The number of hydrogen-bond donors (Lipinski definition) is 0. The Labute approximate surface area is 151 Å². The second-order valence-corrected chi connectivity index (χ2v) is 6.71. The molecule has 4 rings (SSSR count). The van der Waals surface area contributed by atoms with Gasteiger partial charge in [-0.05, 0) is 30.5 Å². The Kier molecular flexibility index (Phi) is 4.55. The molecule has 0 atom stereocenters. The topological polar surface area (TPSA) is 56.1 Å². The molecule has 1 aliphatic heterocycles. The van der Waals surface area contributed by atoms with E-state index in [-0.39, 0.29) is 0 Å². The number of methoxy groups -OCH3 is 1. The Bertz CT molecular complexity index is 873. The molecule has 25 heavy (non-hydrogen) atoms. The van der Waals surface area contributed by atoms with Gasteiger partial charge in [-0.25, -0.2) is 15.0 Å². The van der Waals surface area contributed by atoms with E-state index in [0.717, 1.165) is 42.8 Å². The lowest BCUT2D eigenvalue weighted by Crippen LogP contribution is -2.35. The predicted octanol–water partition coefficient (Wildman–Crippen LogP) is 3.47. The van der Waals surface area contributed by atoms with Crippen LogP contribution in [-0.2, 0) is 11.3 Å². The Hall–Kier alpha value is -2.18. The van der Waals surface area contributed by atoms with E-state index in [9.17, 15) is 0 Å². The summed E-state index contributed by atoms with van der Waals surface area (Å²) >= 11 is 5.98. The molecular weight excluding hydrogens is 338 g/mol. The molecule has 0 radical (unpaired) electrons. The van der Waals surface area contributed by atoms with Crippen molar-refractivity contribution in [2.24, 2.45) is 0 Å². The summed E-state index contributed by atoms with van der Waals surface area (Å²) in [5.74, 6) is 0.901. The Morgan fingerprint density at radius 3 is 2.76 bits per heavy atom. The first-order valence-corrected chi connectivity index (χ1v) is 8.79. The van der Waals surface area contributed by atoms with Crippen LogP contribution in [0.1, 0.15) is 24.4 Å². The summed E-state index contributed by atoms with van der Waals surface area (Å²) in [6.07, 6.45) is 5.58. The predicted molar refractivity (Wildman–Crippen MR) is 98.0 cm³/mol. The molecule has 6 nitrogen and oxygen atoms in total. The van der Waals surface area contributed by atoms with Gasteiger partial charge in [0.15, 0.2) is 0 Å². The normalized spacial score (nSPS) is 15.8. The van der Waals surface area contributed by atoms with E-state index in [4.69, 9.17) is 16.3 Å². The number of piperidine rings is 1. The van der Waals surface area contributed by atoms with Crippen LogP contribution in [0.15, 0.2) is 36.9 Å². The lowest BCUT2D eigenvalue weighted by Gasteiger charge is -2.33. The highest BCUT2D eigenvalue weighted by Crippen LogP contribution is 2.29. The van der Waals surface area contributed by atoms with Crippen molar-refractivity contribution >= 4 is 28.5 Å². The number of nitrogens with zero attached hydrogens (tertiary/aromatic N) is 5. The molecule has 0 aliphatic carbocycles. The summed E-state index contributed by atoms with van der Waals surface area (Å²) in [4.78, 5) is 15.1. The SMILES string of the molecule is COCc1ccc2c(c1)ncn2C1CCN(c2cc(Cl)ncn2)CC1. The van der Waals surface area contributed by atoms with Crippen molar-refractivity contribution in [1.82, 2.24) is 19.5 Å². The minimum absolute atomic E-state index is 0.451. The minimum Gasteiger partial charge on any atom is -0.380 e. The van der Waals surface area contributed by atoms with Crippen molar-refractivity contribution in [2.75, 3.05) is 25.1 Å². The lowest BCUT2D eigenvalue weighted by molar-refractivity contribution is 0.185. The summed E-state index contributed by atoms with van der Waals surface area (Å²) in [5.41, 5.74) is 3.36. The Morgan fingerprint density at radius 1 is 1.16 bits per heavy atom. The molecule has 1 aromatic carbocycles. The number of ether oxygens (including phenoxy) is 1. The molecule has 1 fully saturated rings. The molecule has 0 N–H and O–H groups in total. The zero-order valence-electron chi connectivity index (χ0n) is 14.1. The first-order valence-electron chi connectivity index (χ1n) is 8.41. The van der Waals surface area contributed by atoms with Gasteiger partial charge in [-0.1, -0.05) is 17.7 Å². The summed E-state index contributed by atoms with van der Waals surface area (Å²) in [5, 5.41) is 0.486. The van der Waals surface area contributed by atoms with Crippen LogP contribution < -0.4 is 4.90 Å². The zero-order chi connectivity index (χ0) is 17.2. The Morgan fingerprint density at radius 2 is 2.00 bits per heavy atom. The standard InChI is InChI=1S/C18H20ClN5O/c1-25-10-13-2-3-16-15(8-13)22-12-24(16)14-4-6-23(7-5-14)18-9-17(19)20-11-21-18/h2-3,8-9,11-12,14H,4-7,10H2,1H3. The van der Waals surface area contributed by atoms with Gasteiger partial charge in [0.1, 0.15) is 17.3 Å². The number of hydrogen-bond acceptors (Lipinski definition) is 5. The van der Waals surface area contributed by atoms with Crippen molar-refractivity contribution in [3.05, 3.63) is 47.6 Å². The van der Waals surface area contributed by atoms with Crippen molar-refractivity contribution < 1.29 is 4.74 Å². The van der Waals surface area contributed by atoms with E-state index in [1.165, 1.54) is 11.8 Å². The highest BCUT2D eigenvalue weighted by molar-refractivity contribution is 6.29. The summed E-state index contributed by atoms with van der Waals surface area (Å²) in [6, 6.07) is 8.64. The quantitative estimate of drug-likeness (QED) is 0.669. The molecule has 0 bridgehead atoms. The van der Waals surface area contributed by atoms with Crippen LogP contribution in [-0.4, -0.2) is 39.7 Å². The molecule has 0 spiro atoms. The Balaban J connectivity index is 1.50. The van der Waals surface area contributed by atoms with Crippen molar-refractivity contribution in [1.29, 1.82) is 0 Å². The average molecular weight is 358 g/mol. The maximum Gasteiger partial charge on any atom is 0.134 e. The van der Waals surface area contributed by atoms with Gasteiger partial charge >= 0.3 is 0 Å². The fourth-order valence-electron chi connectivity index (χ4n) is 3.50. The van der Waals surface area contributed by atoms with Gasteiger partial charge < -0.3 is 14.2 Å². The van der Waals surface area contributed by atoms with E-state index in [2.05, 4.69) is 42.6 Å². The third kappa shape index (κ3) is 3.32. The molecule has 0 unspecified atom stereocenters. The first kappa shape index (κ1) is 16.3. The number of anilines is 1. The van der Waals surface area contributed by atoms with Crippen molar-refractivity contribution in [3.63, 3.8) is 0 Å². The van der Waals surface area contributed by atoms with Gasteiger partial charge in [0, 0.05) is 32.3 Å². The summed E-state index contributed by atoms with van der Waals surface area (Å²) in [7, 11) is 1.71. The van der Waals surface area contributed by atoms with E-state index in [1.807, 2.05) is 12.4 Å². The zero-order valence-corrected chi connectivity index (χ0v) is 14.9. The number of halogens is 1. The van der Waals surface area contributed by atoms with Gasteiger partial charge in [0.2, 0.25) is 0 Å². The van der Waals surface area contributed by atoms with Gasteiger partial charge in [0.25, 0.3) is 0 Å². The van der Waals surface area contributed by atoms with Gasteiger partial charge in [-0.3, -0.25) is 0 Å². The van der Waals surface area contributed by atoms with Gasteiger partial charge in [0.05, 0.1) is 24.0 Å². The van der Waals surface area contributed by atoms with E-state index < -0.39 is 0 Å². The van der Waals surface area contributed by atoms with E-state index >= 15 is 0 Å². The summed E-state index contributed by atoms with van der Waals surface area (Å²) in [6.45, 7) is 2.50. The van der Waals surface area contributed by atoms with Crippen molar-refractivity contribution in [2.45, 2.75) is 25.5 Å². The fraction of sp³-hybridized carbons (Fsp3) is 0.389. The van der Waals surface area contributed by atoms with Gasteiger partial charge in [-0.15, -0.1) is 0 Å². The van der Waals surface area contributed by atoms with Crippen LogP contribution in [0.2, 0.25) is 5.15 Å². The molecule has 2 aromatic heterocycles. The summed E-state index contributed by atoms with van der Waals surface area (Å²) < 4.78 is 7.50. The molecule has 3 aromatic rings. The molecule has 1 aliphatic rings. The molecule has 0 amide bonds. The third-order valence-corrected chi connectivity index (χ3v) is 4.96. The average Bonchev–Trinajstić information content (AvgIpc) is 3.05. The number of rotatable bonds is 4. The van der Waals surface area contributed by atoms with Crippen LogP contribution in [0.3, 0.4) is 0 Å². The molecule has 7 heteroatoms. The lowest BCUT2D eigenvalue weighted by atomic mass is 10.0. The molecular formula is C18H20ClN5O. The number of fused-ring (bicyclic) bond motifs is 1. The second kappa shape index (κ2) is 6.98. The van der Waals surface area contributed by atoms with Crippen LogP contribution in [0.4, 0.5) is 5.82 Å². The number of imidazole rings is 1. The van der Waals surface area contributed by atoms with Crippen LogP contribution >= 0.6 is 11.6 Å². The van der Waals surface area contributed by atoms with Gasteiger partial charge in [-0.2, -0.15) is 0 Å². The molecule has 3 heterocycles. The first-order chi connectivity index (χ1) is 12.2. The molecule has 1 saturated heterocycles. The fourth-order valence-corrected chi connectivity index (χ4v) is 3.64. The molecule has 0 saturated carbocycles. The second-order valence-electron chi connectivity index (χ2n) is 6.33. The van der Waals surface area contributed by atoms with Crippen LogP contribution in [0.5, 0.6) is 0 Å². The van der Waals surface area contributed by atoms with E-state index in [0.29, 0.717) is 17.8 Å². The number of benzene rings is 1.